The van der Waals surface area contributed by atoms with E-state index in [9.17, 15) is 10.1 Å². The van der Waals surface area contributed by atoms with Crippen LogP contribution in [0.4, 0.5) is 5.69 Å². The highest BCUT2D eigenvalue weighted by atomic mass is 35.5. The molecule has 1 saturated carbocycles. The number of halogens is 1. The Morgan fingerprint density at radius 1 is 1.21 bits per heavy atom. The second-order valence-electron chi connectivity index (χ2n) is 9.14. The summed E-state index contributed by atoms with van der Waals surface area (Å²) in [5.41, 5.74) is 5.37. The van der Waals surface area contributed by atoms with Gasteiger partial charge in [0.05, 0.1) is 34.6 Å². The predicted molar refractivity (Wildman–Crippen MR) is 129 cm³/mol. The summed E-state index contributed by atoms with van der Waals surface area (Å²) in [7, 11) is 0. The van der Waals surface area contributed by atoms with Crippen molar-refractivity contribution in [3.63, 3.8) is 0 Å². The first-order valence-corrected chi connectivity index (χ1v) is 12.1. The van der Waals surface area contributed by atoms with Gasteiger partial charge in [0.2, 0.25) is 0 Å². The molecule has 1 aliphatic heterocycles. The van der Waals surface area contributed by atoms with Crippen LogP contribution < -0.4 is 10.3 Å². The molecule has 1 fully saturated rings. The van der Waals surface area contributed by atoms with Crippen LogP contribution in [-0.4, -0.2) is 35.9 Å². The van der Waals surface area contributed by atoms with Crippen LogP contribution in [0.25, 0.3) is 0 Å². The second kappa shape index (κ2) is 9.17. The van der Waals surface area contributed by atoms with Gasteiger partial charge >= 0.3 is 0 Å². The van der Waals surface area contributed by atoms with Crippen LogP contribution in [0.3, 0.4) is 0 Å². The predicted octanol–water partition coefficient (Wildman–Crippen LogP) is 4.28. The van der Waals surface area contributed by atoms with E-state index in [0.29, 0.717) is 28.0 Å². The summed E-state index contributed by atoms with van der Waals surface area (Å²) in [6.07, 6.45) is 6.84. The Labute approximate surface area is 198 Å². The minimum atomic E-state index is -0.167. The monoisotopic (exact) mass is 462 g/mol. The van der Waals surface area contributed by atoms with E-state index in [1.165, 1.54) is 25.7 Å². The summed E-state index contributed by atoms with van der Waals surface area (Å²) in [5, 5.41) is 28.7. The zero-order chi connectivity index (χ0) is 22.9. The van der Waals surface area contributed by atoms with E-state index < -0.39 is 0 Å². The quantitative estimate of drug-likeness (QED) is 0.694. The van der Waals surface area contributed by atoms with Gasteiger partial charge < -0.3 is 10.4 Å². The van der Waals surface area contributed by atoms with Gasteiger partial charge in [-0.3, -0.25) is 9.80 Å². The van der Waals surface area contributed by atoms with Crippen molar-refractivity contribution >= 4 is 28.9 Å². The molecule has 0 bridgehead atoms. The number of rotatable bonds is 5. The third-order valence-electron chi connectivity index (χ3n) is 7.25. The molecular formula is C26H27ClN4O2. The molecule has 0 aromatic heterocycles. The van der Waals surface area contributed by atoms with Crippen LogP contribution in [-0.2, 0) is 6.42 Å². The molecule has 6 nitrogen and oxygen atoms in total. The smallest absolute Gasteiger partial charge is 0.251 e. The largest absolute Gasteiger partial charge is 0.395 e. The molecule has 2 N–H and O–H groups in total. The molecule has 2 aliphatic carbocycles. The van der Waals surface area contributed by atoms with E-state index in [-0.39, 0.29) is 25.1 Å². The number of nitrogens with one attached hydrogen (secondary N) is 1. The van der Waals surface area contributed by atoms with Crippen molar-refractivity contribution in [1.29, 1.82) is 5.26 Å². The van der Waals surface area contributed by atoms with Gasteiger partial charge in [-0.25, -0.2) is 0 Å². The normalized spacial score (nSPS) is 21.8. The molecular weight excluding hydrogens is 436 g/mol. The molecule has 1 heterocycles. The maximum Gasteiger partial charge on any atom is 0.251 e. The molecule has 1 amide bonds. The van der Waals surface area contributed by atoms with Gasteiger partial charge in [0.15, 0.2) is 0 Å². The minimum absolute atomic E-state index is 0.0765. The van der Waals surface area contributed by atoms with Gasteiger partial charge in [0, 0.05) is 23.6 Å². The van der Waals surface area contributed by atoms with Gasteiger partial charge in [-0.2, -0.15) is 10.4 Å². The molecule has 5 rings (SSSR count). The lowest BCUT2D eigenvalue weighted by molar-refractivity contribution is 0.0944. The summed E-state index contributed by atoms with van der Waals surface area (Å²) in [4.78, 5) is 12.4. The molecule has 0 saturated heterocycles. The van der Waals surface area contributed by atoms with Crippen molar-refractivity contribution in [3.05, 3.63) is 63.7 Å². The molecule has 3 aliphatic rings. The highest BCUT2D eigenvalue weighted by molar-refractivity contribution is 6.32. The van der Waals surface area contributed by atoms with Gasteiger partial charge in [-0.05, 0) is 67.5 Å². The fourth-order valence-electron chi connectivity index (χ4n) is 5.72. The topological polar surface area (TPSA) is 88.7 Å². The average Bonchev–Trinajstić information content (AvgIpc) is 3.49. The number of benzene rings is 2. The molecule has 7 heteroatoms. The van der Waals surface area contributed by atoms with Crippen LogP contribution in [0, 0.1) is 23.2 Å². The number of fused-ring (bicyclic) bond motifs is 3. The summed E-state index contributed by atoms with van der Waals surface area (Å²) >= 11 is 6.38. The number of hydrazone groups is 1. The number of hydrogen-bond acceptors (Lipinski definition) is 5. The van der Waals surface area contributed by atoms with Crippen LogP contribution in [0.2, 0.25) is 5.02 Å². The molecule has 2 unspecified atom stereocenters. The number of aliphatic hydroxyl groups is 1. The zero-order valence-electron chi connectivity index (χ0n) is 18.4. The fourth-order valence-corrected chi connectivity index (χ4v) is 5.94. The minimum Gasteiger partial charge on any atom is -0.395 e. The van der Waals surface area contributed by atoms with E-state index in [4.69, 9.17) is 21.8 Å². The number of aryl methyl sites for hydroxylation is 1. The van der Waals surface area contributed by atoms with Crippen molar-refractivity contribution in [3.8, 4) is 6.07 Å². The zero-order valence-corrected chi connectivity index (χ0v) is 19.2. The molecule has 0 radical (unpaired) electrons. The average molecular weight is 463 g/mol. The van der Waals surface area contributed by atoms with Crippen LogP contribution in [0.15, 0.2) is 41.5 Å². The van der Waals surface area contributed by atoms with Crippen LogP contribution in [0.5, 0.6) is 0 Å². The van der Waals surface area contributed by atoms with Crippen molar-refractivity contribution in [1.82, 2.24) is 5.32 Å². The lowest BCUT2D eigenvalue weighted by atomic mass is 9.74. The third-order valence-corrected chi connectivity index (χ3v) is 7.56. The SMILES string of the molecule is N#Cc1ccc(N2N=C3c4ccc(C(=O)NCCO)cc4CCC3C2C2CCCC2)cc1Cl. The second-order valence-corrected chi connectivity index (χ2v) is 9.54. The van der Waals surface area contributed by atoms with E-state index in [0.717, 1.165) is 35.4 Å². The highest BCUT2D eigenvalue weighted by Crippen LogP contribution is 2.45. The Bertz CT molecular complexity index is 1150. The molecule has 0 spiro atoms. The molecule has 2 atom stereocenters. The Balaban J connectivity index is 1.52. The first-order valence-electron chi connectivity index (χ1n) is 11.7. The fraction of sp³-hybridized carbons (Fsp3) is 0.423. The molecule has 170 valence electrons. The number of carbonyl (C=O) groups is 1. The number of nitrogens with zero attached hydrogens (tertiary/aromatic N) is 3. The highest BCUT2D eigenvalue weighted by Gasteiger charge is 2.45. The lowest BCUT2D eigenvalue weighted by Gasteiger charge is -2.34. The van der Waals surface area contributed by atoms with Crippen LogP contribution >= 0.6 is 11.6 Å². The van der Waals surface area contributed by atoms with Crippen molar-refractivity contribution in [2.24, 2.45) is 16.9 Å². The first-order chi connectivity index (χ1) is 16.1. The number of amides is 1. The first kappa shape index (κ1) is 21.9. The summed E-state index contributed by atoms with van der Waals surface area (Å²) in [6.45, 7) is 0.169. The summed E-state index contributed by atoms with van der Waals surface area (Å²) in [6, 6.07) is 13.8. The van der Waals surface area contributed by atoms with Gasteiger partial charge in [-0.15, -0.1) is 0 Å². The number of nitriles is 1. The number of anilines is 1. The van der Waals surface area contributed by atoms with Crippen molar-refractivity contribution < 1.29 is 9.90 Å². The van der Waals surface area contributed by atoms with Gasteiger partial charge in [0.1, 0.15) is 6.07 Å². The van der Waals surface area contributed by atoms with Crippen molar-refractivity contribution in [2.75, 3.05) is 18.2 Å². The van der Waals surface area contributed by atoms with E-state index in [1.54, 1.807) is 6.07 Å². The third kappa shape index (κ3) is 4.01. The molecule has 2 aromatic rings. The van der Waals surface area contributed by atoms with E-state index >= 15 is 0 Å². The standard InChI is InChI=1S/C26H27ClN4O2/c27-23-14-20(8-5-19(23)15-28)31-25(16-3-1-2-4-16)22-10-6-17-13-18(26(33)29-11-12-32)7-9-21(17)24(22)30-31/h5,7-9,13-14,16,22,25,32H,1-4,6,10-12H2,(H,29,33). The maximum absolute atomic E-state index is 12.4. The maximum atomic E-state index is 12.4. The van der Waals surface area contributed by atoms with E-state index in [1.807, 2.05) is 30.3 Å². The van der Waals surface area contributed by atoms with Crippen LogP contribution in [0.1, 0.15) is 59.2 Å². The summed E-state index contributed by atoms with van der Waals surface area (Å²) < 4.78 is 0. The Morgan fingerprint density at radius 3 is 2.76 bits per heavy atom. The Kier molecular flexibility index (Phi) is 6.09. The molecule has 2 aromatic carbocycles. The number of aliphatic hydroxyl groups excluding tert-OH is 1. The Morgan fingerprint density at radius 2 is 2.03 bits per heavy atom. The number of hydrogen-bond donors (Lipinski definition) is 2. The molecule has 33 heavy (non-hydrogen) atoms. The van der Waals surface area contributed by atoms with Gasteiger partial charge in [-0.1, -0.05) is 30.5 Å². The lowest BCUT2D eigenvalue weighted by Crippen LogP contribution is -2.40. The van der Waals surface area contributed by atoms with Gasteiger partial charge in [0.25, 0.3) is 5.91 Å². The summed E-state index contributed by atoms with van der Waals surface area (Å²) in [5.74, 6) is 0.750. The van der Waals surface area contributed by atoms with E-state index in [2.05, 4.69) is 16.4 Å². The number of carbonyl (C=O) groups excluding carboxylic acids is 1. The van der Waals surface area contributed by atoms with Crippen molar-refractivity contribution in [2.45, 2.75) is 44.6 Å². The Hall–Kier alpha value is -2.88.